The van der Waals surface area contributed by atoms with Crippen molar-refractivity contribution in [3.8, 4) is 6.07 Å². The Bertz CT molecular complexity index is 457. The second kappa shape index (κ2) is 6.39. The van der Waals surface area contributed by atoms with Gasteiger partial charge in [-0.2, -0.15) is 5.26 Å². The van der Waals surface area contributed by atoms with Gasteiger partial charge in [-0.15, -0.1) is 0 Å². The van der Waals surface area contributed by atoms with Crippen molar-refractivity contribution >= 4 is 11.5 Å². The van der Waals surface area contributed by atoms with Crippen LogP contribution in [-0.4, -0.2) is 36.1 Å². The molecule has 1 fully saturated rings. The SMILES string of the molecule is CCN1CCC(CNc2nccc(C#N)c2N)CC1. The molecule has 0 spiro atoms. The fourth-order valence-electron chi connectivity index (χ4n) is 2.46. The highest BCUT2D eigenvalue weighted by molar-refractivity contribution is 5.68. The lowest BCUT2D eigenvalue weighted by Gasteiger charge is -2.31. The van der Waals surface area contributed by atoms with Gasteiger partial charge in [-0.3, -0.25) is 0 Å². The fourth-order valence-corrected chi connectivity index (χ4v) is 2.46. The average Bonchev–Trinajstić information content (AvgIpc) is 2.47. The van der Waals surface area contributed by atoms with Crippen molar-refractivity contribution in [2.75, 3.05) is 37.2 Å². The van der Waals surface area contributed by atoms with Crippen LogP contribution in [0.1, 0.15) is 25.3 Å². The zero-order valence-electron chi connectivity index (χ0n) is 11.4. The fraction of sp³-hybridized carbons (Fsp3) is 0.571. The smallest absolute Gasteiger partial charge is 0.150 e. The Kier molecular flexibility index (Phi) is 4.58. The maximum atomic E-state index is 8.93. The third kappa shape index (κ3) is 3.36. The predicted octanol–water partition coefficient (Wildman–Crippen LogP) is 1.68. The Morgan fingerprint density at radius 3 is 2.89 bits per heavy atom. The highest BCUT2D eigenvalue weighted by Crippen LogP contribution is 2.21. The molecule has 1 aromatic heterocycles. The van der Waals surface area contributed by atoms with E-state index in [2.05, 4.69) is 28.2 Å². The number of pyridine rings is 1. The lowest BCUT2D eigenvalue weighted by atomic mass is 9.97. The summed E-state index contributed by atoms with van der Waals surface area (Å²) in [6.07, 6.45) is 4.04. The van der Waals surface area contributed by atoms with Gasteiger partial charge >= 0.3 is 0 Å². The van der Waals surface area contributed by atoms with Gasteiger partial charge in [-0.25, -0.2) is 4.98 Å². The summed E-state index contributed by atoms with van der Waals surface area (Å²) in [5, 5.41) is 12.2. The average molecular weight is 259 g/mol. The molecule has 0 bridgehead atoms. The van der Waals surface area contributed by atoms with E-state index in [1.54, 1.807) is 12.3 Å². The molecule has 5 heteroatoms. The third-order valence-corrected chi connectivity index (χ3v) is 3.82. The van der Waals surface area contributed by atoms with Crippen LogP contribution in [0.2, 0.25) is 0 Å². The molecule has 0 aromatic carbocycles. The maximum absolute atomic E-state index is 8.93. The van der Waals surface area contributed by atoms with Crippen LogP contribution in [0.25, 0.3) is 0 Å². The zero-order chi connectivity index (χ0) is 13.7. The lowest BCUT2D eigenvalue weighted by Crippen LogP contribution is -2.35. The molecule has 0 amide bonds. The molecule has 1 saturated heterocycles. The minimum atomic E-state index is 0.455. The molecular weight excluding hydrogens is 238 g/mol. The molecular formula is C14H21N5. The van der Waals surface area contributed by atoms with Crippen LogP contribution in [0.4, 0.5) is 11.5 Å². The quantitative estimate of drug-likeness (QED) is 0.860. The van der Waals surface area contributed by atoms with Crippen molar-refractivity contribution in [2.45, 2.75) is 19.8 Å². The Morgan fingerprint density at radius 1 is 1.53 bits per heavy atom. The molecule has 1 aliphatic heterocycles. The van der Waals surface area contributed by atoms with E-state index in [1.807, 2.05) is 0 Å². The summed E-state index contributed by atoms with van der Waals surface area (Å²) < 4.78 is 0. The van der Waals surface area contributed by atoms with Crippen molar-refractivity contribution in [2.24, 2.45) is 5.92 Å². The van der Waals surface area contributed by atoms with Crippen LogP contribution in [0.5, 0.6) is 0 Å². The second-order valence-corrected chi connectivity index (χ2v) is 4.99. The molecule has 2 rings (SSSR count). The number of likely N-dealkylation sites (tertiary alicyclic amines) is 1. The van der Waals surface area contributed by atoms with Gasteiger partial charge in [0.25, 0.3) is 0 Å². The first kappa shape index (κ1) is 13.6. The van der Waals surface area contributed by atoms with Crippen LogP contribution < -0.4 is 11.1 Å². The molecule has 0 saturated carbocycles. The van der Waals surface area contributed by atoms with Crippen molar-refractivity contribution in [1.29, 1.82) is 5.26 Å². The number of nitriles is 1. The Hall–Kier alpha value is -1.80. The third-order valence-electron chi connectivity index (χ3n) is 3.82. The summed E-state index contributed by atoms with van der Waals surface area (Å²) in [4.78, 5) is 6.68. The molecule has 5 nitrogen and oxygen atoms in total. The number of nitrogens with two attached hydrogens (primary N) is 1. The van der Waals surface area contributed by atoms with Crippen LogP contribution >= 0.6 is 0 Å². The molecule has 1 aliphatic rings. The Morgan fingerprint density at radius 2 is 2.26 bits per heavy atom. The summed E-state index contributed by atoms with van der Waals surface area (Å²) in [5.41, 5.74) is 6.84. The minimum absolute atomic E-state index is 0.455. The van der Waals surface area contributed by atoms with E-state index >= 15 is 0 Å². The summed E-state index contributed by atoms with van der Waals surface area (Å²) in [5.74, 6) is 1.30. The highest BCUT2D eigenvalue weighted by atomic mass is 15.1. The van der Waals surface area contributed by atoms with Crippen LogP contribution in [-0.2, 0) is 0 Å². The van der Waals surface area contributed by atoms with Gasteiger partial charge in [0.2, 0.25) is 0 Å². The summed E-state index contributed by atoms with van der Waals surface area (Å²) in [6.45, 7) is 6.56. The van der Waals surface area contributed by atoms with E-state index in [0.717, 1.165) is 13.1 Å². The monoisotopic (exact) mass is 259 g/mol. The molecule has 19 heavy (non-hydrogen) atoms. The first-order valence-electron chi connectivity index (χ1n) is 6.85. The Balaban J connectivity index is 1.88. The van der Waals surface area contributed by atoms with Gasteiger partial charge in [-0.05, 0) is 44.5 Å². The lowest BCUT2D eigenvalue weighted by molar-refractivity contribution is 0.198. The van der Waals surface area contributed by atoms with Crippen molar-refractivity contribution in [3.63, 3.8) is 0 Å². The number of rotatable bonds is 4. The van der Waals surface area contributed by atoms with E-state index < -0.39 is 0 Å². The summed E-state index contributed by atoms with van der Waals surface area (Å²) in [6, 6.07) is 3.71. The van der Waals surface area contributed by atoms with Crippen molar-refractivity contribution < 1.29 is 0 Å². The number of nitrogen functional groups attached to an aromatic ring is 1. The molecule has 3 N–H and O–H groups in total. The van der Waals surface area contributed by atoms with Gasteiger partial charge in [0.1, 0.15) is 6.07 Å². The first-order valence-corrected chi connectivity index (χ1v) is 6.85. The first-order chi connectivity index (χ1) is 9.24. The minimum Gasteiger partial charge on any atom is -0.395 e. The van der Waals surface area contributed by atoms with Crippen LogP contribution in [0.3, 0.4) is 0 Å². The molecule has 0 unspecified atom stereocenters. The standard InChI is InChI=1S/C14H21N5/c1-2-19-7-4-11(5-8-19)10-18-14-13(16)12(9-15)3-6-17-14/h3,6,11H,2,4-5,7-8,10,16H2,1H3,(H,17,18). The second-order valence-electron chi connectivity index (χ2n) is 4.99. The van der Waals surface area contributed by atoms with Gasteiger partial charge in [-0.1, -0.05) is 6.92 Å². The van der Waals surface area contributed by atoms with Crippen molar-refractivity contribution in [3.05, 3.63) is 17.8 Å². The number of nitrogens with zero attached hydrogens (tertiary/aromatic N) is 3. The molecule has 2 heterocycles. The number of piperidine rings is 1. The van der Waals surface area contributed by atoms with E-state index in [1.165, 1.54) is 25.9 Å². The van der Waals surface area contributed by atoms with Crippen LogP contribution in [0.15, 0.2) is 12.3 Å². The van der Waals surface area contributed by atoms with E-state index in [-0.39, 0.29) is 0 Å². The normalized spacial score (nSPS) is 17.1. The van der Waals surface area contributed by atoms with E-state index in [4.69, 9.17) is 11.0 Å². The number of nitrogens with one attached hydrogen (secondary N) is 1. The van der Waals surface area contributed by atoms with E-state index in [0.29, 0.717) is 23.0 Å². The molecule has 102 valence electrons. The summed E-state index contributed by atoms with van der Waals surface area (Å²) >= 11 is 0. The number of hydrogen-bond acceptors (Lipinski definition) is 5. The van der Waals surface area contributed by atoms with Crippen molar-refractivity contribution in [1.82, 2.24) is 9.88 Å². The number of anilines is 2. The molecule has 0 radical (unpaired) electrons. The molecule has 1 aromatic rings. The Labute approximate surface area is 114 Å². The van der Waals surface area contributed by atoms with Crippen LogP contribution in [0, 0.1) is 17.2 Å². The maximum Gasteiger partial charge on any atom is 0.150 e. The topological polar surface area (TPSA) is 78.0 Å². The van der Waals surface area contributed by atoms with Gasteiger partial charge in [0, 0.05) is 12.7 Å². The zero-order valence-corrected chi connectivity index (χ0v) is 11.4. The van der Waals surface area contributed by atoms with Gasteiger partial charge in [0.15, 0.2) is 5.82 Å². The number of hydrogen-bond donors (Lipinski definition) is 2. The molecule has 0 atom stereocenters. The molecule has 0 aliphatic carbocycles. The number of aromatic nitrogens is 1. The van der Waals surface area contributed by atoms with Gasteiger partial charge in [0.05, 0.1) is 11.3 Å². The van der Waals surface area contributed by atoms with E-state index in [9.17, 15) is 0 Å². The highest BCUT2D eigenvalue weighted by Gasteiger charge is 2.18. The van der Waals surface area contributed by atoms with Gasteiger partial charge < -0.3 is 16.0 Å². The summed E-state index contributed by atoms with van der Waals surface area (Å²) in [7, 11) is 0. The largest absolute Gasteiger partial charge is 0.395 e. The predicted molar refractivity (Wildman–Crippen MR) is 76.7 cm³/mol.